The molecule has 3 aromatic rings. The third-order valence-corrected chi connectivity index (χ3v) is 5.12. The summed E-state index contributed by atoms with van der Waals surface area (Å²) in [6, 6.07) is 21.1. The van der Waals surface area contributed by atoms with Crippen molar-refractivity contribution in [2.45, 2.75) is 19.4 Å². The van der Waals surface area contributed by atoms with Gasteiger partial charge >= 0.3 is 5.97 Å². The Hall–Kier alpha value is -2.79. The second-order valence-electron chi connectivity index (χ2n) is 6.44. The second kappa shape index (κ2) is 8.93. The highest BCUT2D eigenvalue weighted by molar-refractivity contribution is 9.10. The normalized spacial score (nSPS) is 11.7. The third kappa shape index (κ3) is 4.54. The number of ether oxygens (including phenoxy) is 2. The van der Waals surface area contributed by atoms with Crippen molar-refractivity contribution in [3.05, 3.63) is 93.5 Å². The van der Waals surface area contributed by atoms with Crippen LogP contribution in [0.2, 0.25) is 0 Å². The van der Waals surface area contributed by atoms with Crippen molar-refractivity contribution in [3.8, 4) is 11.5 Å². The van der Waals surface area contributed by atoms with Crippen LogP contribution < -0.4 is 9.47 Å². The number of carboxylic acids is 1. The van der Waals surface area contributed by atoms with Crippen LogP contribution in [0.3, 0.4) is 0 Å². The molecule has 0 aliphatic heterocycles. The number of carbonyl (C=O) groups is 1. The first-order valence-electron chi connectivity index (χ1n) is 8.87. The topological polar surface area (TPSA) is 55.8 Å². The fourth-order valence-corrected chi connectivity index (χ4v) is 3.44. The minimum Gasteiger partial charge on any atom is -0.496 e. The molecule has 1 unspecified atom stereocenters. The molecule has 28 heavy (non-hydrogen) atoms. The Kier molecular flexibility index (Phi) is 6.37. The molecule has 0 aromatic heterocycles. The lowest BCUT2D eigenvalue weighted by molar-refractivity contribution is 0.0693. The van der Waals surface area contributed by atoms with Gasteiger partial charge in [0, 0.05) is 16.0 Å². The highest BCUT2D eigenvalue weighted by Gasteiger charge is 2.18. The van der Waals surface area contributed by atoms with Gasteiger partial charge in [-0.1, -0.05) is 59.3 Å². The Balaban J connectivity index is 1.91. The van der Waals surface area contributed by atoms with Crippen LogP contribution in [0.25, 0.3) is 0 Å². The quantitative estimate of drug-likeness (QED) is 0.497. The molecule has 0 saturated carbocycles. The van der Waals surface area contributed by atoms with Crippen molar-refractivity contribution in [1.82, 2.24) is 0 Å². The van der Waals surface area contributed by atoms with Crippen LogP contribution in [0.4, 0.5) is 0 Å². The van der Waals surface area contributed by atoms with Gasteiger partial charge in [-0.25, -0.2) is 4.79 Å². The van der Waals surface area contributed by atoms with Gasteiger partial charge in [-0.15, -0.1) is 0 Å². The zero-order chi connectivity index (χ0) is 20.1. The number of rotatable bonds is 7. The molecule has 5 heteroatoms. The van der Waals surface area contributed by atoms with E-state index in [2.05, 4.69) is 22.9 Å². The minimum atomic E-state index is -1.01. The minimum absolute atomic E-state index is 0.0139. The Morgan fingerprint density at radius 2 is 1.79 bits per heavy atom. The maximum Gasteiger partial charge on any atom is 0.339 e. The number of aromatic carboxylic acids is 1. The summed E-state index contributed by atoms with van der Waals surface area (Å²) < 4.78 is 12.3. The van der Waals surface area contributed by atoms with E-state index in [0.29, 0.717) is 12.4 Å². The standard InChI is InChI=1S/C23H21BrO4/c1-15(17-8-10-19(23(25)26)22(12-17)27-2)20-13-18(24)9-11-21(20)28-14-16-6-4-3-5-7-16/h3-13,15H,14H2,1-2H3,(H,25,26). The molecule has 3 aromatic carbocycles. The molecule has 3 rings (SSSR count). The summed E-state index contributed by atoms with van der Waals surface area (Å²) in [5, 5.41) is 9.30. The van der Waals surface area contributed by atoms with Gasteiger partial charge in [0.05, 0.1) is 7.11 Å². The van der Waals surface area contributed by atoms with Crippen molar-refractivity contribution in [2.24, 2.45) is 0 Å². The summed E-state index contributed by atoms with van der Waals surface area (Å²) in [6.45, 7) is 2.54. The van der Waals surface area contributed by atoms with E-state index in [9.17, 15) is 9.90 Å². The number of hydrogen-bond donors (Lipinski definition) is 1. The summed E-state index contributed by atoms with van der Waals surface area (Å²) in [6.07, 6.45) is 0. The molecule has 0 radical (unpaired) electrons. The van der Waals surface area contributed by atoms with E-state index >= 15 is 0 Å². The Labute approximate surface area is 172 Å². The smallest absolute Gasteiger partial charge is 0.339 e. The molecule has 0 amide bonds. The fourth-order valence-electron chi connectivity index (χ4n) is 3.06. The Morgan fingerprint density at radius 1 is 1.04 bits per heavy atom. The third-order valence-electron chi connectivity index (χ3n) is 4.63. The average Bonchev–Trinajstić information content (AvgIpc) is 2.72. The van der Waals surface area contributed by atoms with Crippen molar-refractivity contribution >= 4 is 21.9 Å². The van der Waals surface area contributed by atoms with Gasteiger partial charge in [0.1, 0.15) is 23.7 Å². The highest BCUT2D eigenvalue weighted by Crippen LogP contribution is 2.36. The first kappa shape index (κ1) is 20.0. The zero-order valence-electron chi connectivity index (χ0n) is 15.7. The molecule has 1 N–H and O–H groups in total. The van der Waals surface area contributed by atoms with E-state index in [1.165, 1.54) is 7.11 Å². The van der Waals surface area contributed by atoms with E-state index in [1.807, 2.05) is 54.6 Å². The number of halogens is 1. The molecular formula is C23H21BrO4. The maximum atomic E-state index is 11.3. The average molecular weight is 441 g/mol. The molecule has 0 fully saturated rings. The van der Waals surface area contributed by atoms with Crippen LogP contribution in [0.15, 0.2) is 71.2 Å². The largest absolute Gasteiger partial charge is 0.496 e. The number of methoxy groups -OCH3 is 1. The first-order chi connectivity index (χ1) is 13.5. The molecule has 0 aliphatic carbocycles. The lowest BCUT2D eigenvalue weighted by Gasteiger charge is -2.19. The van der Waals surface area contributed by atoms with Crippen LogP contribution in [-0.4, -0.2) is 18.2 Å². The highest BCUT2D eigenvalue weighted by atomic mass is 79.9. The van der Waals surface area contributed by atoms with Gasteiger partial charge in [0.25, 0.3) is 0 Å². The van der Waals surface area contributed by atoms with Crippen molar-refractivity contribution < 1.29 is 19.4 Å². The van der Waals surface area contributed by atoms with E-state index in [0.717, 1.165) is 26.9 Å². The van der Waals surface area contributed by atoms with Gasteiger partial charge in [0.15, 0.2) is 0 Å². The monoisotopic (exact) mass is 440 g/mol. The SMILES string of the molecule is COc1cc(C(C)c2cc(Br)ccc2OCc2ccccc2)ccc1C(=O)O. The van der Waals surface area contributed by atoms with Gasteiger partial charge in [0.2, 0.25) is 0 Å². The maximum absolute atomic E-state index is 11.3. The fraction of sp³-hybridized carbons (Fsp3) is 0.174. The van der Waals surface area contributed by atoms with Crippen LogP contribution in [0, 0.1) is 0 Å². The summed E-state index contributed by atoms with van der Waals surface area (Å²) in [5.41, 5.74) is 3.20. The van der Waals surface area contributed by atoms with Gasteiger partial charge in [-0.05, 0) is 41.5 Å². The predicted octanol–water partition coefficient (Wildman–Crippen LogP) is 5.89. The lowest BCUT2D eigenvalue weighted by atomic mass is 9.91. The van der Waals surface area contributed by atoms with Crippen molar-refractivity contribution in [2.75, 3.05) is 7.11 Å². The summed E-state index contributed by atoms with van der Waals surface area (Å²) >= 11 is 3.53. The molecule has 4 nitrogen and oxygen atoms in total. The number of carboxylic acid groups (broad SMARTS) is 1. The Bertz CT molecular complexity index is 970. The van der Waals surface area contributed by atoms with E-state index < -0.39 is 5.97 Å². The van der Waals surface area contributed by atoms with Crippen molar-refractivity contribution in [1.29, 1.82) is 0 Å². The molecule has 1 atom stereocenters. The van der Waals surface area contributed by atoms with Gasteiger partial charge in [-0.3, -0.25) is 0 Å². The van der Waals surface area contributed by atoms with Crippen LogP contribution in [-0.2, 0) is 6.61 Å². The first-order valence-corrected chi connectivity index (χ1v) is 9.66. The number of benzene rings is 3. The molecule has 144 valence electrons. The van der Waals surface area contributed by atoms with E-state index in [-0.39, 0.29) is 11.5 Å². The van der Waals surface area contributed by atoms with Crippen LogP contribution in [0.5, 0.6) is 11.5 Å². The van der Waals surface area contributed by atoms with Gasteiger partial charge < -0.3 is 14.6 Å². The van der Waals surface area contributed by atoms with Crippen molar-refractivity contribution in [3.63, 3.8) is 0 Å². The zero-order valence-corrected chi connectivity index (χ0v) is 17.3. The van der Waals surface area contributed by atoms with E-state index in [4.69, 9.17) is 9.47 Å². The summed E-state index contributed by atoms with van der Waals surface area (Å²) in [5.74, 6) is 0.116. The summed E-state index contributed by atoms with van der Waals surface area (Å²) in [7, 11) is 1.48. The van der Waals surface area contributed by atoms with Crippen LogP contribution in [0.1, 0.15) is 39.9 Å². The van der Waals surface area contributed by atoms with Crippen LogP contribution >= 0.6 is 15.9 Å². The molecular weight excluding hydrogens is 420 g/mol. The Morgan fingerprint density at radius 3 is 2.46 bits per heavy atom. The number of hydrogen-bond acceptors (Lipinski definition) is 3. The van der Waals surface area contributed by atoms with Gasteiger partial charge in [-0.2, -0.15) is 0 Å². The molecule has 0 spiro atoms. The predicted molar refractivity (Wildman–Crippen MR) is 112 cm³/mol. The summed E-state index contributed by atoms with van der Waals surface area (Å²) in [4.78, 5) is 11.3. The molecule has 0 bridgehead atoms. The molecule has 0 heterocycles. The lowest BCUT2D eigenvalue weighted by Crippen LogP contribution is -2.05. The second-order valence-corrected chi connectivity index (χ2v) is 7.36. The molecule has 0 saturated heterocycles. The molecule has 0 aliphatic rings. The van der Waals surface area contributed by atoms with E-state index in [1.54, 1.807) is 12.1 Å².